The molecule has 1 saturated heterocycles. The monoisotopic (exact) mass is 379 g/mol. The molecule has 2 aromatic carbocycles. The number of hydrogen-bond donors (Lipinski definition) is 1. The summed E-state index contributed by atoms with van der Waals surface area (Å²) in [6, 6.07) is 17.1. The third-order valence-electron chi connectivity index (χ3n) is 6.11. The van der Waals surface area contributed by atoms with Crippen LogP contribution in [0.3, 0.4) is 0 Å². The Bertz CT molecular complexity index is 833. The summed E-state index contributed by atoms with van der Waals surface area (Å²) in [5.74, 6) is 0.370. The van der Waals surface area contributed by atoms with Gasteiger partial charge in [-0.2, -0.15) is 0 Å². The molecule has 1 N–H and O–H groups in total. The second kappa shape index (κ2) is 7.84. The predicted octanol–water partition coefficient (Wildman–Crippen LogP) is 4.07. The lowest BCUT2D eigenvalue weighted by Gasteiger charge is -2.44. The number of ether oxygens (including phenoxy) is 1. The van der Waals surface area contributed by atoms with Crippen LogP contribution in [0.15, 0.2) is 48.5 Å². The number of carbonyl (C=O) groups is 1. The Morgan fingerprint density at radius 1 is 1.07 bits per heavy atom. The molecular formula is C23H29N3O2. The lowest BCUT2D eigenvalue weighted by molar-refractivity contribution is -0.117. The Balaban J connectivity index is 1.76. The van der Waals surface area contributed by atoms with Gasteiger partial charge in [-0.05, 0) is 37.3 Å². The first-order valence-electron chi connectivity index (χ1n) is 10.1. The number of para-hydroxylation sites is 1. The molecule has 4 rings (SSSR count). The number of anilines is 3. The Hall–Kier alpha value is -2.53. The number of morpholine rings is 1. The first-order valence-corrected chi connectivity index (χ1v) is 10.1. The van der Waals surface area contributed by atoms with Gasteiger partial charge < -0.3 is 19.9 Å². The van der Waals surface area contributed by atoms with Gasteiger partial charge in [0.1, 0.15) is 0 Å². The summed E-state index contributed by atoms with van der Waals surface area (Å²) in [5, 5.41) is 3.73. The number of nitrogens with zero attached hydrogens (tertiary/aromatic N) is 2. The SMILES string of the molecule is CC(=O)N1c2ccc(N3CCOCC3)cc2C(Nc2ccccc2)C(C)C1C. The molecule has 0 saturated carbocycles. The van der Waals surface area contributed by atoms with Gasteiger partial charge in [0, 0.05) is 54.6 Å². The van der Waals surface area contributed by atoms with Gasteiger partial charge in [0.05, 0.1) is 19.3 Å². The van der Waals surface area contributed by atoms with Gasteiger partial charge in [0.25, 0.3) is 0 Å². The van der Waals surface area contributed by atoms with Gasteiger partial charge in [-0.15, -0.1) is 0 Å². The second-order valence-corrected chi connectivity index (χ2v) is 7.82. The summed E-state index contributed by atoms with van der Waals surface area (Å²) in [4.78, 5) is 16.8. The van der Waals surface area contributed by atoms with E-state index in [1.165, 1.54) is 11.3 Å². The minimum Gasteiger partial charge on any atom is -0.378 e. The number of fused-ring (bicyclic) bond motifs is 1. The zero-order chi connectivity index (χ0) is 19.7. The highest BCUT2D eigenvalue weighted by Crippen LogP contribution is 2.44. The first-order chi connectivity index (χ1) is 13.6. The molecule has 28 heavy (non-hydrogen) atoms. The predicted molar refractivity (Wildman–Crippen MR) is 114 cm³/mol. The Kier molecular flexibility index (Phi) is 5.27. The molecular weight excluding hydrogens is 350 g/mol. The van der Waals surface area contributed by atoms with Crippen molar-refractivity contribution < 1.29 is 9.53 Å². The lowest BCUT2D eigenvalue weighted by atomic mass is 9.82. The fourth-order valence-electron chi connectivity index (χ4n) is 4.42. The molecule has 5 heteroatoms. The van der Waals surface area contributed by atoms with Crippen LogP contribution in [0.4, 0.5) is 17.1 Å². The largest absolute Gasteiger partial charge is 0.378 e. The molecule has 0 bridgehead atoms. The quantitative estimate of drug-likeness (QED) is 0.873. The Morgan fingerprint density at radius 3 is 2.46 bits per heavy atom. The first kappa shape index (κ1) is 18.8. The smallest absolute Gasteiger partial charge is 0.224 e. The van der Waals surface area contributed by atoms with Crippen molar-refractivity contribution in [2.75, 3.05) is 41.4 Å². The van der Waals surface area contributed by atoms with Crippen molar-refractivity contribution in [2.24, 2.45) is 5.92 Å². The third-order valence-corrected chi connectivity index (χ3v) is 6.11. The molecule has 1 amide bonds. The number of amides is 1. The number of rotatable bonds is 3. The van der Waals surface area contributed by atoms with E-state index in [1.54, 1.807) is 6.92 Å². The van der Waals surface area contributed by atoms with Gasteiger partial charge in [-0.25, -0.2) is 0 Å². The van der Waals surface area contributed by atoms with Crippen LogP contribution in [-0.4, -0.2) is 38.3 Å². The van der Waals surface area contributed by atoms with Gasteiger partial charge in [0.2, 0.25) is 5.91 Å². The molecule has 0 aromatic heterocycles. The minimum atomic E-state index is 0.0953. The second-order valence-electron chi connectivity index (χ2n) is 7.82. The van der Waals surface area contributed by atoms with Crippen LogP contribution >= 0.6 is 0 Å². The van der Waals surface area contributed by atoms with E-state index in [0.717, 1.165) is 37.7 Å². The Labute approximate surface area is 167 Å². The zero-order valence-electron chi connectivity index (χ0n) is 16.9. The molecule has 0 spiro atoms. The van der Waals surface area contributed by atoms with Crippen molar-refractivity contribution in [3.63, 3.8) is 0 Å². The minimum absolute atomic E-state index is 0.0953. The number of hydrogen-bond acceptors (Lipinski definition) is 4. The average molecular weight is 380 g/mol. The highest BCUT2D eigenvalue weighted by atomic mass is 16.5. The van der Waals surface area contributed by atoms with Crippen molar-refractivity contribution in [2.45, 2.75) is 32.9 Å². The fourth-order valence-corrected chi connectivity index (χ4v) is 4.42. The normalized spacial score (nSPS) is 24.6. The van der Waals surface area contributed by atoms with Gasteiger partial charge >= 0.3 is 0 Å². The highest BCUT2D eigenvalue weighted by Gasteiger charge is 2.38. The van der Waals surface area contributed by atoms with Crippen molar-refractivity contribution in [1.82, 2.24) is 0 Å². The van der Waals surface area contributed by atoms with Gasteiger partial charge in [-0.3, -0.25) is 4.79 Å². The van der Waals surface area contributed by atoms with Gasteiger partial charge in [-0.1, -0.05) is 25.1 Å². The summed E-state index contributed by atoms with van der Waals surface area (Å²) in [6.45, 7) is 9.35. The van der Waals surface area contributed by atoms with Crippen LogP contribution in [0.25, 0.3) is 0 Å². The third kappa shape index (κ3) is 3.47. The summed E-state index contributed by atoms with van der Waals surface area (Å²) < 4.78 is 5.51. The standard InChI is InChI=1S/C23H29N3O2/c1-16-17(2)26(18(3)27)22-10-9-20(25-11-13-28-14-12-25)15-21(22)23(16)24-19-7-5-4-6-8-19/h4-10,15-17,23-24H,11-14H2,1-3H3. The van der Waals surface area contributed by atoms with E-state index in [9.17, 15) is 4.79 Å². The van der Waals surface area contributed by atoms with Crippen LogP contribution in [0.1, 0.15) is 32.4 Å². The van der Waals surface area contributed by atoms with E-state index in [4.69, 9.17) is 4.74 Å². The topological polar surface area (TPSA) is 44.8 Å². The molecule has 2 aromatic rings. The van der Waals surface area contributed by atoms with E-state index in [1.807, 2.05) is 23.1 Å². The molecule has 3 atom stereocenters. The van der Waals surface area contributed by atoms with Crippen molar-refractivity contribution in [3.05, 3.63) is 54.1 Å². The van der Waals surface area contributed by atoms with Crippen LogP contribution in [0.2, 0.25) is 0 Å². The van der Waals surface area contributed by atoms with Crippen molar-refractivity contribution in [1.29, 1.82) is 0 Å². The number of nitrogens with one attached hydrogen (secondary N) is 1. The van der Waals surface area contributed by atoms with E-state index < -0.39 is 0 Å². The maximum Gasteiger partial charge on any atom is 0.224 e. The molecule has 5 nitrogen and oxygen atoms in total. The molecule has 1 fully saturated rings. The summed E-state index contributed by atoms with van der Waals surface area (Å²) in [6.07, 6.45) is 0. The van der Waals surface area contributed by atoms with Crippen molar-refractivity contribution in [3.8, 4) is 0 Å². The van der Waals surface area contributed by atoms with Crippen LogP contribution in [0, 0.1) is 5.92 Å². The van der Waals surface area contributed by atoms with Crippen LogP contribution < -0.4 is 15.1 Å². The summed E-state index contributed by atoms with van der Waals surface area (Å²) in [7, 11) is 0. The average Bonchev–Trinajstić information content (AvgIpc) is 2.72. The molecule has 2 aliphatic heterocycles. The van der Waals surface area contributed by atoms with E-state index in [-0.39, 0.29) is 23.9 Å². The summed E-state index contributed by atoms with van der Waals surface area (Å²) in [5.41, 5.74) is 4.51. The molecule has 0 aliphatic carbocycles. The highest BCUT2D eigenvalue weighted by molar-refractivity contribution is 5.94. The lowest BCUT2D eigenvalue weighted by Crippen LogP contribution is -2.48. The fraction of sp³-hybridized carbons (Fsp3) is 0.435. The van der Waals surface area contributed by atoms with E-state index in [0.29, 0.717) is 0 Å². The van der Waals surface area contributed by atoms with Crippen LogP contribution in [0.5, 0.6) is 0 Å². The summed E-state index contributed by atoms with van der Waals surface area (Å²) >= 11 is 0. The van der Waals surface area contributed by atoms with Crippen LogP contribution in [-0.2, 0) is 9.53 Å². The number of benzene rings is 2. The molecule has 0 radical (unpaired) electrons. The maximum absolute atomic E-state index is 12.4. The maximum atomic E-state index is 12.4. The number of carbonyl (C=O) groups excluding carboxylic acids is 1. The molecule has 2 heterocycles. The van der Waals surface area contributed by atoms with E-state index >= 15 is 0 Å². The molecule has 148 valence electrons. The van der Waals surface area contributed by atoms with Gasteiger partial charge in [0.15, 0.2) is 0 Å². The molecule has 2 aliphatic rings. The Morgan fingerprint density at radius 2 is 1.79 bits per heavy atom. The zero-order valence-corrected chi connectivity index (χ0v) is 16.9. The molecule has 3 unspecified atom stereocenters. The van der Waals surface area contributed by atoms with Crippen molar-refractivity contribution >= 4 is 23.0 Å². The van der Waals surface area contributed by atoms with E-state index in [2.05, 4.69) is 54.4 Å².